The predicted molar refractivity (Wildman–Crippen MR) is 73.5 cm³/mol. The summed E-state index contributed by atoms with van der Waals surface area (Å²) in [6.07, 6.45) is 5.57. The van der Waals surface area contributed by atoms with E-state index < -0.39 is 0 Å². The number of nitrogens with zero attached hydrogens (tertiary/aromatic N) is 3. The summed E-state index contributed by atoms with van der Waals surface area (Å²) in [5, 5.41) is 5.14. The number of aryl methyl sites for hydroxylation is 1. The van der Waals surface area contributed by atoms with Crippen LogP contribution in [0.4, 0.5) is 5.69 Å². The van der Waals surface area contributed by atoms with E-state index in [0.29, 0.717) is 0 Å². The van der Waals surface area contributed by atoms with Crippen LogP contribution in [-0.2, 0) is 7.05 Å². The summed E-state index contributed by atoms with van der Waals surface area (Å²) in [7, 11) is 1.90. The molecule has 0 spiro atoms. The molecule has 2 N–H and O–H groups in total. The molecule has 0 amide bonds. The van der Waals surface area contributed by atoms with E-state index in [9.17, 15) is 0 Å². The molecule has 2 aromatic heterocycles. The molecule has 0 atom stereocenters. The van der Waals surface area contributed by atoms with E-state index in [1.807, 2.05) is 43.7 Å². The van der Waals surface area contributed by atoms with Gasteiger partial charge in [0.1, 0.15) is 0 Å². The normalized spacial score (nSPS) is 10.9. The number of hydrogen-bond donors (Lipinski definition) is 1. The first-order valence-electron chi connectivity index (χ1n) is 5.54. The van der Waals surface area contributed by atoms with Gasteiger partial charge in [0.2, 0.25) is 0 Å². The van der Waals surface area contributed by atoms with E-state index in [4.69, 9.17) is 5.73 Å². The fraction of sp³-hybridized carbons (Fsp3) is 0.0769. The third-order valence-corrected chi connectivity index (χ3v) is 3.72. The average molecular weight is 256 g/mol. The van der Waals surface area contributed by atoms with Crippen molar-refractivity contribution in [3.05, 3.63) is 42.9 Å². The molecule has 0 radical (unpaired) electrons. The Morgan fingerprint density at radius 2 is 2.17 bits per heavy atom. The molecule has 0 saturated heterocycles. The van der Waals surface area contributed by atoms with Gasteiger partial charge in [-0.25, -0.2) is 0 Å². The van der Waals surface area contributed by atoms with Crippen molar-refractivity contribution < 1.29 is 0 Å². The minimum absolute atomic E-state index is 0.773. The van der Waals surface area contributed by atoms with Gasteiger partial charge in [-0.2, -0.15) is 5.10 Å². The number of benzene rings is 1. The lowest BCUT2D eigenvalue weighted by Crippen LogP contribution is -1.91. The predicted octanol–water partition coefficient (Wildman–Crippen LogP) is 2.70. The Morgan fingerprint density at radius 3 is 2.94 bits per heavy atom. The van der Waals surface area contributed by atoms with Gasteiger partial charge in [0.05, 0.1) is 22.3 Å². The molecule has 3 rings (SSSR count). The minimum Gasteiger partial charge on any atom is -0.397 e. The fourth-order valence-corrected chi connectivity index (χ4v) is 2.74. The molecule has 18 heavy (non-hydrogen) atoms. The largest absolute Gasteiger partial charge is 0.397 e. The highest BCUT2D eigenvalue weighted by molar-refractivity contribution is 7.99. The first-order valence-corrected chi connectivity index (χ1v) is 6.35. The van der Waals surface area contributed by atoms with Gasteiger partial charge in [-0.1, -0.05) is 11.8 Å². The molecule has 2 heterocycles. The second-order valence-electron chi connectivity index (χ2n) is 4.00. The molecule has 0 aliphatic rings. The smallest absolute Gasteiger partial charge is 0.0723 e. The van der Waals surface area contributed by atoms with Crippen LogP contribution in [0.25, 0.3) is 10.9 Å². The van der Waals surface area contributed by atoms with Gasteiger partial charge in [0, 0.05) is 29.7 Å². The summed E-state index contributed by atoms with van der Waals surface area (Å²) >= 11 is 1.61. The summed E-state index contributed by atoms with van der Waals surface area (Å²) in [6, 6.07) is 7.88. The second-order valence-corrected chi connectivity index (χ2v) is 5.11. The number of anilines is 1. The third kappa shape index (κ3) is 1.93. The molecule has 0 fully saturated rings. The molecule has 0 bridgehead atoms. The molecule has 3 aromatic rings. The summed E-state index contributed by atoms with van der Waals surface area (Å²) in [5.74, 6) is 0. The zero-order valence-electron chi connectivity index (χ0n) is 9.87. The van der Waals surface area contributed by atoms with Crippen molar-refractivity contribution >= 4 is 28.4 Å². The van der Waals surface area contributed by atoms with Crippen LogP contribution in [0.15, 0.2) is 52.6 Å². The summed E-state index contributed by atoms with van der Waals surface area (Å²) in [4.78, 5) is 6.40. The number of fused-ring (bicyclic) bond motifs is 1. The van der Waals surface area contributed by atoms with Crippen LogP contribution >= 0.6 is 11.8 Å². The van der Waals surface area contributed by atoms with Crippen LogP contribution in [0.3, 0.4) is 0 Å². The lowest BCUT2D eigenvalue weighted by Gasteiger charge is -2.06. The van der Waals surface area contributed by atoms with Gasteiger partial charge in [-0.15, -0.1) is 0 Å². The Labute approximate surface area is 109 Å². The number of rotatable bonds is 2. The number of hydrogen-bond acceptors (Lipinski definition) is 4. The molecule has 0 saturated carbocycles. The average Bonchev–Trinajstić information content (AvgIpc) is 2.79. The first kappa shape index (κ1) is 11.1. The zero-order valence-corrected chi connectivity index (χ0v) is 10.7. The van der Waals surface area contributed by atoms with Crippen LogP contribution in [0, 0.1) is 0 Å². The topological polar surface area (TPSA) is 56.7 Å². The number of aromatic nitrogens is 3. The van der Waals surface area contributed by atoms with Crippen molar-refractivity contribution in [2.45, 2.75) is 9.79 Å². The Kier molecular flexibility index (Phi) is 2.68. The highest BCUT2D eigenvalue weighted by Gasteiger charge is 2.07. The molecular weight excluding hydrogens is 244 g/mol. The van der Waals surface area contributed by atoms with Gasteiger partial charge in [-0.3, -0.25) is 9.67 Å². The van der Waals surface area contributed by atoms with Crippen molar-refractivity contribution in [1.82, 2.24) is 14.8 Å². The molecule has 5 heteroatoms. The first-order chi connectivity index (χ1) is 8.74. The molecular formula is C13H12N4S. The molecule has 0 unspecified atom stereocenters. The second kappa shape index (κ2) is 4.34. The van der Waals surface area contributed by atoms with E-state index >= 15 is 0 Å². The van der Waals surface area contributed by atoms with Crippen LogP contribution in [0.2, 0.25) is 0 Å². The lowest BCUT2D eigenvalue weighted by molar-refractivity contribution is 0.766. The Hall–Kier alpha value is -2.01. The van der Waals surface area contributed by atoms with Crippen molar-refractivity contribution in [3.8, 4) is 0 Å². The zero-order chi connectivity index (χ0) is 12.5. The van der Waals surface area contributed by atoms with E-state index in [0.717, 1.165) is 26.4 Å². The SMILES string of the molecule is Cn1cc(Sc2ccc3ncccc3c2N)cn1. The number of nitrogens with two attached hydrogens (primary N) is 1. The lowest BCUT2D eigenvalue weighted by atomic mass is 10.2. The summed E-state index contributed by atoms with van der Waals surface area (Å²) < 4.78 is 1.78. The quantitative estimate of drug-likeness (QED) is 0.716. The fourth-order valence-electron chi connectivity index (χ4n) is 1.82. The highest BCUT2D eigenvalue weighted by atomic mass is 32.2. The van der Waals surface area contributed by atoms with Crippen molar-refractivity contribution in [3.63, 3.8) is 0 Å². The van der Waals surface area contributed by atoms with Crippen molar-refractivity contribution in [1.29, 1.82) is 0 Å². The Bertz CT molecular complexity index is 705. The highest BCUT2D eigenvalue weighted by Crippen LogP contribution is 2.35. The van der Waals surface area contributed by atoms with E-state index in [-0.39, 0.29) is 0 Å². The van der Waals surface area contributed by atoms with Crippen molar-refractivity contribution in [2.24, 2.45) is 7.05 Å². The Morgan fingerprint density at radius 1 is 1.28 bits per heavy atom. The number of pyridine rings is 1. The molecule has 90 valence electrons. The van der Waals surface area contributed by atoms with Gasteiger partial charge in [-0.05, 0) is 24.3 Å². The van der Waals surface area contributed by atoms with Gasteiger partial charge >= 0.3 is 0 Å². The van der Waals surface area contributed by atoms with Gasteiger partial charge < -0.3 is 5.73 Å². The third-order valence-electron chi connectivity index (χ3n) is 2.70. The van der Waals surface area contributed by atoms with E-state index in [1.165, 1.54) is 0 Å². The molecule has 1 aromatic carbocycles. The van der Waals surface area contributed by atoms with Crippen LogP contribution < -0.4 is 5.73 Å². The summed E-state index contributed by atoms with van der Waals surface area (Å²) in [6.45, 7) is 0. The van der Waals surface area contributed by atoms with Gasteiger partial charge in [0.25, 0.3) is 0 Å². The summed E-state index contributed by atoms with van der Waals surface area (Å²) in [5.41, 5.74) is 7.88. The van der Waals surface area contributed by atoms with E-state index in [2.05, 4.69) is 10.1 Å². The van der Waals surface area contributed by atoms with Crippen LogP contribution in [0.5, 0.6) is 0 Å². The molecule has 0 aliphatic carbocycles. The standard InChI is InChI=1S/C13H12N4S/c1-17-8-9(7-16-17)18-12-5-4-11-10(13(12)14)3-2-6-15-11/h2-8H,14H2,1H3. The van der Waals surface area contributed by atoms with Crippen LogP contribution in [-0.4, -0.2) is 14.8 Å². The Balaban J connectivity index is 2.04. The van der Waals surface area contributed by atoms with Gasteiger partial charge in [0.15, 0.2) is 0 Å². The minimum atomic E-state index is 0.773. The number of nitrogen functional groups attached to an aromatic ring is 1. The maximum atomic E-state index is 6.19. The monoisotopic (exact) mass is 256 g/mol. The maximum absolute atomic E-state index is 6.19. The molecule has 0 aliphatic heterocycles. The maximum Gasteiger partial charge on any atom is 0.0723 e. The van der Waals surface area contributed by atoms with E-state index in [1.54, 1.807) is 22.6 Å². The molecule has 4 nitrogen and oxygen atoms in total. The van der Waals surface area contributed by atoms with Crippen LogP contribution in [0.1, 0.15) is 0 Å². The van der Waals surface area contributed by atoms with Crippen molar-refractivity contribution in [2.75, 3.05) is 5.73 Å².